The second-order valence-corrected chi connectivity index (χ2v) is 11.2. The molecule has 2 saturated heterocycles. The quantitative estimate of drug-likeness (QED) is 0.199. The number of hydrogen-bond acceptors (Lipinski definition) is 8. The van der Waals surface area contributed by atoms with Crippen LogP contribution in [-0.2, 0) is 16.9 Å². The van der Waals surface area contributed by atoms with Gasteiger partial charge in [-0.3, -0.25) is 0 Å². The summed E-state index contributed by atoms with van der Waals surface area (Å²) < 4.78 is 42.7. The third-order valence-corrected chi connectivity index (χ3v) is 8.28. The fraction of sp³-hybridized carbons (Fsp3) is 0.344. The summed E-state index contributed by atoms with van der Waals surface area (Å²) in [6, 6.07) is 16.8. The Kier molecular flexibility index (Phi) is 14.7. The molecule has 2 atom stereocenters. The van der Waals surface area contributed by atoms with Gasteiger partial charge in [-0.25, -0.2) is 23.2 Å². The molecule has 0 saturated carbocycles. The molecule has 2 aliphatic rings. The maximum atomic E-state index is 14.9. The zero-order valence-electron chi connectivity index (χ0n) is 26.0. The van der Waals surface area contributed by atoms with Crippen molar-refractivity contribution in [2.75, 3.05) is 49.2 Å². The van der Waals surface area contributed by atoms with Gasteiger partial charge < -0.3 is 29.9 Å². The number of halogens is 4. The number of carbonyl (C=O) groups is 1. The van der Waals surface area contributed by atoms with Crippen LogP contribution in [0, 0.1) is 24.5 Å². The predicted molar refractivity (Wildman–Crippen MR) is 187 cm³/mol. The first-order valence-electron chi connectivity index (χ1n) is 14.4. The second-order valence-electron chi connectivity index (χ2n) is 11.2. The van der Waals surface area contributed by atoms with Gasteiger partial charge in [0.15, 0.2) is 0 Å². The maximum Gasteiger partial charge on any atom is 1.00 e. The van der Waals surface area contributed by atoms with E-state index in [4.69, 9.17) is 14.6 Å². The molecule has 10 nitrogen and oxygen atoms in total. The van der Waals surface area contributed by atoms with Crippen molar-refractivity contribution in [1.29, 1.82) is 0 Å². The molecule has 47 heavy (non-hydrogen) atoms. The molecule has 246 valence electrons. The normalized spacial score (nSPS) is 18.8. The van der Waals surface area contributed by atoms with E-state index < -0.39 is 23.2 Å². The Morgan fingerprint density at radius 1 is 1.02 bits per heavy atom. The summed E-state index contributed by atoms with van der Waals surface area (Å²) in [6.45, 7) is 6.37. The molecule has 0 unspecified atom stereocenters. The number of rotatable bonds is 9. The first-order chi connectivity index (χ1) is 21.8. The van der Waals surface area contributed by atoms with Crippen molar-refractivity contribution in [3.63, 3.8) is 0 Å². The molecule has 0 spiro atoms. The zero-order chi connectivity index (χ0) is 32.0. The summed E-state index contributed by atoms with van der Waals surface area (Å²) in [7, 11) is 0. The van der Waals surface area contributed by atoms with Crippen LogP contribution in [0.2, 0.25) is 0 Å². The van der Waals surface area contributed by atoms with Crippen molar-refractivity contribution in [1.82, 2.24) is 14.8 Å². The van der Waals surface area contributed by atoms with Gasteiger partial charge in [0.05, 0.1) is 25.3 Å². The Hall–Kier alpha value is -2.49. The van der Waals surface area contributed by atoms with E-state index in [2.05, 4.69) is 69.2 Å². The van der Waals surface area contributed by atoms with Gasteiger partial charge in [0, 0.05) is 92.3 Å². The average molecular weight is 867 g/mol. The molecule has 0 bridgehead atoms. The van der Waals surface area contributed by atoms with Crippen LogP contribution >= 0.6 is 37.2 Å². The van der Waals surface area contributed by atoms with Crippen LogP contribution < -0.4 is 33.4 Å². The number of carboxylic acid groups (broad SMARTS) is 1. The number of hydrogen-bond donors (Lipinski definition) is 1. The van der Waals surface area contributed by atoms with Gasteiger partial charge in [0.2, 0.25) is 0 Å². The summed E-state index contributed by atoms with van der Waals surface area (Å²) in [5, 5.41) is 13.3. The molecule has 0 amide bonds. The SMILES string of the molecule is Cc1cc(N2CCN(c3ccc(C(=O)O)cc3)CC2)ccc1OC[C@@H]1CO[C@@](Cn2cncn2)(c2ccc(F)cc2F)C1.II.[Li+].[OH-]. The Labute approximate surface area is 307 Å². The van der Waals surface area contributed by atoms with E-state index in [1.165, 1.54) is 18.5 Å². The molecule has 0 aliphatic carbocycles. The molecule has 2 aliphatic heterocycles. The maximum absolute atomic E-state index is 14.9. The number of anilines is 2. The fourth-order valence-corrected chi connectivity index (χ4v) is 6.02. The minimum atomic E-state index is -1.02. The number of ether oxygens (including phenoxy) is 2. The van der Waals surface area contributed by atoms with Gasteiger partial charge >= 0.3 is 24.8 Å². The van der Waals surface area contributed by atoms with Crippen molar-refractivity contribution in [3.05, 3.63) is 102 Å². The summed E-state index contributed by atoms with van der Waals surface area (Å²) in [6.07, 6.45) is 3.45. The number of carboxylic acids is 1. The van der Waals surface area contributed by atoms with Crippen molar-refractivity contribution < 1.29 is 52.5 Å². The molecular formula is C32H34F2I2LiN5O5. The number of benzene rings is 3. The van der Waals surface area contributed by atoms with Crippen LogP contribution in [0.1, 0.15) is 27.9 Å². The summed E-state index contributed by atoms with van der Waals surface area (Å²) in [5.41, 5.74) is 2.72. The third kappa shape index (κ3) is 9.36. The van der Waals surface area contributed by atoms with E-state index in [-0.39, 0.29) is 42.4 Å². The predicted octanol–water partition coefficient (Wildman–Crippen LogP) is 3.50. The molecule has 2 N–H and O–H groups in total. The van der Waals surface area contributed by atoms with Crippen LogP contribution in [0.5, 0.6) is 5.75 Å². The van der Waals surface area contributed by atoms with Crippen LogP contribution in [-0.4, -0.2) is 70.7 Å². The molecular weight excluding hydrogens is 833 g/mol. The molecule has 6 rings (SSSR count). The Balaban J connectivity index is 0.00000147. The summed E-state index contributed by atoms with van der Waals surface area (Å²) in [5.74, 6) is -1.44. The third-order valence-electron chi connectivity index (χ3n) is 8.28. The van der Waals surface area contributed by atoms with Crippen LogP contribution in [0.3, 0.4) is 0 Å². The molecule has 4 aromatic rings. The van der Waals surface area contributed by atoms with Gasteiger partial charge in [-0.15, -0.1) is 0 Å². The van der Waals surface area contributed by atoms with Crippen molar-refractivity contribution in [2.24, 2.45) is 5.92 Å². The summed E-state index contributed by atoms with van der Waals surface area (Å²) in [4.78, 5) is 19.7. The number of aryl methyl sites for hydroxylation is 1. The van der Waals surface area contributed by atoms with Gasteiger partial charge in [-0.2, -0.15) is 5.10 Å². The Bertz CT molecular complexity index is 1600. The van der Waals surface area contributed by atoms with E-state index in [0.29, 0.717) is 25.2 Å². The zero-order valence-corrected chi connectivity index (χ0v) is 30.3. The van der Waals surface area contributed by atoms with Crippen molar-refractivity contribution >= 4 is 54.6 Å². The van der Waals surface area contributed by atoms with E-state index >= 15 is 0 Å². The Morgan fingerprint density at radius 3 is 2.28 bits per heavy atom. The number of piperazine rings is 1. The number of aromatic nitrogens is 3. The number of nitrogens with zero attached hydrogens (tertiary/aromatic N) is 5. The fourth-order valence-electron chi connectivity index (χ4n) is 6.02. The molecule has 3 heterocycles. The van der Waals surface area contributed by atoms with Gasteiger partial charge in [0.25, 0.3) is 0 Å². The molecule has 1 aromatic heterocycles. The van der Waals surface area contributed by atoms with E-state index in [9.17, 15) is 13.6 Å². The topological polar surface area (TPSA) is 123 Å². The monoisotopic (exact) mass is 867 g/mol. The molecule has 2 fully saturated rings. The number of aromatic carboxylic acids is 1. The van der Waals surface area contributed by atoms with Crippen molar-refractivity contribution in [2.45, 2.75) is 25.5 Å². The minimum absolute atomic E-state index is 0. The van der Waals surface area contributed by atoms with Gasteiger partial charge in [-0.05, 0) is 67.4 Å². The summed E-state index contributed by atoms with van der Waals surface area (Å²) >= 11 is 4.24. The standard InChI is InChI=1S/C32H33F2N5O4.I2.Li.H2O/c1-22-14-27(38-12-10-37(11-13-38)26-5-2-24(3-6-26)31(40)41)7-9-30(22)42-17-23-16-32(43-18-23,19-39-21-35-20-36-39)28-8-4-25(33)15-29(28)34;1-2;;/h2-9,14-15,20-21,23H,10-13,16-19H2,1H3,(H,40,41);;;1H2/q;;+1;/p-1/t23-,32+;;;/m1.../s1. The Morgan fingerprint density at radius 2 is 1.68 bits per heavy atom. The van der Waals surface area contributed by atoms with Crippen LogP contribution in [0.25, 0.3) is 0 Å². The first-order valence-corrected chi connectivity index (χ1v) is 20.7. The molecule has 15 heteroatoms. The molecule has 3 aromatic carbocycles. The van der Waals surface area contributed by atoms with Crippen molar-refractivity contribution in [3.8, 4) is 5.75 Å². The van der Waals surface area contributed by atoms with Crippen LogP contribution in [0.15, 0.2) is 73.3 Å². The smallest absolute Gasteiger partial charge is 0.870 e. The second kappa shape index (κ2) is 17.8. The van der Waals surface area contributed by atoms with Gasteiger partial charge in [-0.1, -0.05) is 6.07 Å². The first kappa shape index (κ1) is 39.0. The van der Waals surface area contributed by atoms with E-state index in [1.807, 2.05) is 25.1 Å². The van der Waals surface area contributed by atoms with E-state index in [0.717, 1.165) is 54.9 Å². The van der Waals surface area contributed by atoms with E-state index in [1.54, 1.807) is 23.1 Å². The molecule has 0 radical (unpaired) electrons. The van der Waals surface area contributed by atoms with Crippen LogP contribution in [0.4, 0.5) is 20.2 Å². The van der Waals surface area contributed by atoms with Gasteiger partial charge in [0.1, 0.15) is 35.6 Å². The minimum Gasteiger partial charge on any atom is -0.870 e. The average Bonchev–Trinajstić information content (AvgIpc) is 3.72. The largest absolute Gasteiger partial charge is 1.00 e.